The summed E-state index contributed by atoms with van der Waals surface area (Å²) < 4.78 is 7.81. The summed E-state index contributed by atoms with van der Waals surface area (Å²) in [5.74, 6) is 0.435. The zero-order valence-electron chi connectivity index (χ0n) is 16.8. The highest BCUT2D eigenvalue weighted by atomic mass is 35.5. The zero-order chi connectivity index (χ0) is 21.1. The maximum Gasteiger partial charge on any atom is 0.256 e. The van der Waals surface area contributed by atoms with Gasteiger partial charge < -0.3 is 9.64 Å². The summed E-state index contributed by atoms with van der Waals surface area (Å²) in [6.07, 6.45) is 2.61. The summed E-state index contributed by atoms with van der Waals surface area (Å²) >= 11 is 6.29. The number of carbonyl (C=O) groups is 1. The molecule has 0 spiro atoms. The summed E-state index contributed by atoms with van der Waals surface area (Å²) in [4.78, 5) is 19.8. The minimum atomic E-state index is -0.0888. The Morgan fingerprint density at radius 1 is 1.13 bits per heavy atom. The summed E-state index contributed by atoms with van der Waals surface area (Å²) in [6, 6.07) is 17.2. The third-order valence-corrected chi connectivity index (χ3v) is 6.50. The molecule has 1 aliphatic heterocycles. The van der Waals surface area contributed by atoms with E-state index in [1.807, 2.05) is 66.3 Å². The molecule has 2 aliphatic rings. The van der Waals surface area contributed by atoms with Crippen LogP contribution in [0.4, 0.5) is 0 Å². The van der Waals surface area contributed by atoms with Gasteiger partial charge in [-0.3, -0.25) is 4.79 Å². The molecule has 0 radical (unpaired) electrons. The van der Waals surface area contributed by atoms with Crippen molar-refractivity contribution in [2.75, 3.05) is 7.05 Å². The maximum absolute atomic E-state index is 13.2. The number of hydrogen-bond acceptors (Lipinski definition) is 4. The number of ether oxygens (including phenoxy) is 1. The van der Waals surface area contributed by atoms with Crippen molar-refractivity contribution in [1.82, 2.24) is 19.5 Å². The molecular formula is C24H19ClN4O2. The molecule has 154 valence electrons. The second-order valence-corrected chi connectivity index (χ2v) is 8.49. The number of aromatic nitrogens is 3. The van der Waals surface area contributed by atoms with E-state index >= 15 is 0 Å². The minimum Gasteiger partial charge on any atom is -0.473 e. The van der Waals surface area contributed by atoms with Crippen LogP contribution in [-0.4, -0.2) is 32.5 Å². The van der Waals surface area contributed by atoms with E-state index in [1.54, 1.807) is 11.0 Å². The number of pyridine rings is 2. The predicted molar refractivity (Wildman–Crippen MR) is 117 cm³/mol. The van der Waals surface area contributed by atoms with Gasteiger partial charge >= 0.3 is 0 Å². The van der Waals surface area contributed by atoms with Gasteiger partial charge in [0.05, 0.1) is 28.5 Å². The van der Waals surface area contributed by atoms with E-state index < -0.39 is 0 Å². The molecule has 1 aliphatic carbocycles. The molecule has 6 nitrogen and oxygen atoms in total. The molecule has 4 aromatic rings. The van der Waals surface area contributed by atoms with Crippen LogP contribution in [-0.2, 0) is 6.61 Å². The number of amides is 1. The van der Waals surface area contributed by atoms with Gasteiger partial charge in [0.25, 0.3) is 5.91 Å². The lowest BCUT2D eigenvalue weighted by molar-refractivity contribution is 0.0734. The quantitative estimate of drug-likeness (QED) is 0.475. The number of halogens is 1. The molecule has 0 N–H and O–H groups in total. The van der Waals surface area contributed by atoms with Crippen LogP contribution in [0.15, 0.2) is 60.8 Å². The number of carbonyl (C=O) groups excluding carboxylic acids is 1. The smallest absolute Gasteiger partial charge is 0.256 e. The van der Waals surface area contributed by atoms with Crippen molar-refractivity contribution in [2.45, 2.75) is 25.0 Å². The van der Waals surface area contributed by atoms with E-state index in [0.29, 0.717) is 23.1 Å². The van der Waals surface area contributed by atoms with Gasteiger partial charge in [0.2, 0.25) is 5.88 Å². The second kappa shape index (κ2) is 6.82. The Balaban J connectivity index is 1.46. The van der Waals surface area contributed by atoms with Crippen molar-refractivity contribution in [3.63, 3.8) is 0 Å². The van der Waals surface area contributed by atoms with Crippen molar-refractivity contribution in [2.24, 2.45) is 0 Å². The summed E-state index contributed by atoms with van der Waals surface area (Å²) in [6.45, 7) is 0.422. The number of rotatable bonds is 3. The molecule has 1 amide bonds. The van der Waals surface area contributed by atoms with Gasteiger partial charge in [-0.2, -0.15) is 5.10 Å². The molecule has 2 bridgehead atoms. The summed E-state index contributed by atoms with van der Waals surface area (Å²) in [7, 11) is 1.84. The van der Waals surface area contributed by atoms with Crippen LogP contribution < -0.4 is 4.74 Å². The molecule has 2 atom stereocenters. The van der Waals surface area contributed by atoms with Gasteiger partial charge in [-0.1, -0.05) is 41.9 Å². The highest BCUT2D eigenvalue weighted by Crippen LogP contribution is 2.51. The molecule has 2 unspecified atom stereocenters. The van der Waals surface area contributed by atoms with E-state index in [2.05, 4.69) is 0 Å². The fourth-order valence-electron chi connectivity index (χ4n) is 4.75. The van der Waals surface area contributed by atoms with Crippen LogP contribution in [0.3, 0.4) is 0 Å². The van der Waals surface area contributed by atoms with E-state index in [4.69, 9.17) is 26.4 Å². The summed E-state index contributed by atoms with van der Waals surface area (Å²) in [5.41, 5.74) is 5.41. The van der Waals surface area contributed by atoms with Crippen molar-refractivity contribution in [3.8, 4) is 5.88 Å². The first-order chi connectivity index (χ1) is 15.1. The number of hydrogen-bond donors (Lipinski definition) is 0. The Labute approximate surface area is 184 Å². The molecule has 0 fully saturated rings. The Bertz CT molecular complexity index is 1330. The predicted octanol–water partition coefficient (Wildman–Crippen LogP) is 4.62. The monoisotopic (exact) mass is 430 g/mol. The van der Waals surface area contributed by atoms with Gasteiger partial charge in [0.1, 0.15) is 6.61 Å². The molecule has 3 aromatic heterocycles. The Morgan fingerprint density at radius 3 is 2.81 bits per heavy atom. The lowest BCUT2D eigenvalue weighted by Crippen LogP contribution is -2.30. The average molecular weight is 431 g/mol. The molecule has 7 heteroatoms. The van der Waals surface area contributed by atoms with E-state index in [0.717, 1.165) is 34.5 Å². The van der Waals surface area contributed by atoms with Crippen LogP contribution in [0.25, 0.3) is 5.52 Å². The molecule has 6 rings (SSSR count). The molecular weight excluding hydrogens is 412 g/mol. The second-order valence-electron chi connectivity index (χ2n) is 8.05. The van der Waals surface area contributed by atoms with Crippen molar-refractivity contribution in [3.05, 3.63) is 93.9 Å². The Hall–Kier alpha value is -3.38. The van der Waals surface area contributed by atoms with Gasteiger partial charge in [-0.05, 0) is 30.2 Å². The van der Waals surface area contributed by atoms with Crippen LogP contribution in [0.5, 0.6) is 5.88 Å². The average Bonchev–Trinajstić information content (AvgIpc) is 3.31. The number of nitrogens with zero attached hydrogens (tertiary/aromatic N) is 4. The highest BCUT2D eigenvalue weighted by Gasteiger charge is 2.45. The molecule has 1 aromatic carbocycles. The highest BCUT2D eigenvalue weighted by molar-refractivity contribution is 6.30. The van der Waals surface area contributed by atoms with Crippen LogP contribution >= 0.6 is 11.6 Å². The molecule has 0 saturated heterocycles. The fourth-order valence-corrected chi connectivity index (χ4v) is 4.91. The van der Waals surface area contributed by atoms with Crippen LogP contribution in [0.2, 0.25) is 5.02 Å². The van der Waals surface area contributed by atoms with Crippen molar-refractivity contribution >= 4 is 23.0 Å². The van der Waals surface area contributed by atoms with Gasteiger partial charge in [-0.25, -0.2) is 9.50 Å². The van der Waals surface area contributed by atoms with Gasteiger partial charge in [-0.15, -0.1) is 0 Å². The van der Waals surface area contributed by atoms with E-state index in [9.17, 15) is 4.79 Å². The van der Waals surface area contributed by atoms with Crippen molar-refractivity contribution < 1.29 is 9.53 Å². The molecule has 0 saturated carbocycles. The first-order valence-electron chi connectivity index (χ1n) is 10.2. The Morgan fingerprint density at radius 2 is 1.97 bits per heavy atom. The normalized spacial score (nSPS) is 19.3. The van der Waals surface area contributed by atoms with Gasteiger partial charge in [0.15, 0.2) is 0 Å². The molecule has 4 heterocycles. The first kappa shape index (κ1) is 18.4. The number of benzene rings is 1. The SMILES string of the molecule is CN1C(=O)c2ccc(OCc3ccccc3)nc2C2CC1c1nn3ccc(Cl)cc3c12. The lowest BCUT2D eigenvalue weighted by Gasteiger charge is -2.23. The minimum absolute atomic E-state index is 0.0367. The standard InChI is InChI=1S/C24H19ClN4O2/c1-28-19-12-17(21-18-11-15(25)9-10-29(18)27-23(19)21)22-16(24(28)30)7-8-20(26-22)31-13-14-5-3-2-4-6-14/h2-11,17,19H,12-13H2,1H3. The fraction of sp³-hybridized carbons (Fsp3) is 0.208. The van der Waals surface area contributed by atoms with Gasteiger partial charge in [0, 0.05) is 35.8 Å². The Kier molecular flexibility index (Phi) is 4.05. The first-order valence-corrected chi connectivity index (χ1v) is 10.6. The van der Waals surface area contributed by atoms with Crippen molar-refractivity contribution in [1.29, 1.82) is 0 Å². The van der Waals surface area contributed by atoms with Crippen LogP contribution in [0, 0.1) is 0 Å². The zero-order valence-corrected chi connectivity index (χ0v) is 17.6. The van der Waals surface area contributed by atoms with E-state index in [1.165, 1.54) is 0 Å². The third kappa shape index (κ3) is 2.82. The molecule has 31 heavy (non-hydrogen) atoms. The topological polar surface area (TPSA) is 59.7 Å². The largest absolute Gasteiger partial charge is 0.473 e. The van der Waals surface area contributed by atoms with E-state index in [-0.39, 0.29) is 17.9 Å². The summed E-state index contributed by atoms with van der Waals surface area (Å²) in [5, 5.41) is 5.44. The van der Waals surface area contributed by atoms with Crippen LogP contribution in [0.1, 0.15) is 51.3 Å². The lowest BCUT2D eigenvalue weighted by atomic mass is 9.94. The third-order valence-electron chi connectivity index (χ3n) is 6.26. The maximum atomic E-state index is 13.2. The number of fused-ring (bicyclic) bond motifs is 9.